The number of hydrogen-bond acceptors (Lipinski definition) is 5. The fourth-order valence-corrected chi connectivity index (χ4v) is 3.32. The summed E-state index contributed by atoms with van der Waals surface area (Å²) in [5.41, 5.74) is -1.72. The molecule has 1 aliphatic heterocycles. The van der Waals surface area contributed by atoms with Crippen molar-refractivity contribution in [1.29, 1.82) is 21.0 Å². The van der Waals surface area contributed by atoms with E-state index in [0.29, 0.717) is 6.42 Å². The first-order chi connectivity index (χ1) is 9.66. The predicted octanol–water partition coefficient (Wildman–Crippen LogP) is 1.54. The van der Waals surface area contributed by atoms with E-state index in [1.165, 1.54) is 0 Å². The Morgan fingerprint density at radius 2 is 1.55 bits per heavy atom. The first-order valence-corrected chi connectivity index (χ1v) is 6.09. The van der Waals surface area contributed by atoms with Crippen LogP contribution in [0.15, 0.2) is 24.3 Å². The summed E-state index contributed by atoms with van der Waals surface area (Å²) < 4.78 is 5.41. The highest BCUT2D eigenvalue weighted by molar-refractivity contribution is 5.50. The van der Waals surface area contributed by atoms with Crippen molar-refractivity contribution < 1.29 is 4.74 Å². The number of fused-ring (bicyclic) bond motifs is 3. The SMILES string of the molecule is N#CC1(C#N)OC(C#N)(C#N)C2c3ccccc3CC21. The van der Waals surface area contributed by atoms with E-state index in [2.05, 4.69) is 0 Å². The van der Waals surface area contributed by atoms with Crippen LogP contribution >= 0.6 is 0 Å². The van der Waals surface area contributed by atoms with E-state index in [-0.39, 0.29) is 0 Å². The monoisotopic (exact) mass is 260 g/mol. The molecular weight excluding hydrogens is 252 g/mol. The van der Waals surface area contributed by atoms with Gasteiger partial charge in [0.2, 0.25) is 5.60 Å². The van der Waals surface area contributed by atoms with E-state index in [4.69, 9.17) is 4.74 Å². The molecule has 1 aromatic carbocycles. The number of rotatable bonds is 0. The van der Waals surface area contributed by atoms with Crippen LogP contribution < -0.4 is 0 Å². The van der Waals surface area contributed by atoms with Gasteiger partial charge in [-0.25, -0.2) is 0 Å². The van der Waals surface area contributed by atoms with Crippen LogP contribution in [0.1, 0.15) is 17.0 Å². The molecule has 0 amide bonds. The second-order valence-electron chi connectivity index (χ2n) is 5.01. The molecule has 0 radical (unpaired) electrons. The van der Waals surface area contributed by atoms with Crippen molar-refractivity contribution in [3.05, 3.63) is 35.4 Å². The lowest BCUT2D eigenvalue weighted by atomic mass is 9.77. The highest BCUT2D eigenvalue weighted by Crippen LogP contribution is 2.57. The first kappa shape index (κ1) is 12.2. The van der Waals surface area contributed by atoms with Crippen LogP contribution in [0.4, 0.5) is 0 Å². The van der Waals surface area contributed by atoms with Crippen molar-refractivity contribution in [2.24, 2.45) is 5.92 Å². The number of nitrogens with zero attached hydrogens (tertiary/aromatic N) is 4. The Hall–Kier alpha value is -2.86. The molecule has 3 rings (SSSR count). The van der Waals surface area contributed by atoms with Crippen molar-refractivity contribution in [3.8, 4) is 24.3 Å². The van der Waals surface area contributed by atoms with Crippen molar-refractivity contribution in [1.82, 2.24) is 0 Å². The third-order valence-electron chi connectivity index (χ3n) is 4.18. The number of hydrogen-bond donors (Lipinski definition) is 0. The van der Waals surface area contributed by atoms with Gasteiger partial charge in [0, 0.05) is 11.8 Å². The minimum Gasteiger partial charge on any atom is -0.312 e. The summed E-state index contributed by atoms with van der Waals surface area (Å²) in [6.45, 7) is 0. The third kappa shape index (κ3) is 1.20. The summed E-state index contributed by atoms with van der Waals surface area (Å²) in [5, 5.41) is 37.5. The Morgan fingerprint density at radius 1 is 0.950 bits per heavy atom. The standard InChI is InChI=1S/C15H8N4O/c16-6-14(7-17)12-5-10-3-1-2-4-11(10)13(12)15(8-18,9-19)20-14/h1-4,12-13H,5H2. The maximum atomic E-state index is 9.40. The Kier molecular flexibility index (Phi) is 2.32. The molecule has 1 aromatic rings. The quantitative estimate of drug-likeness (QED) is 0.703. The second-order valence-corrected chi connectivity index (χ2v) is 5.01. The molecule has 2 atom stereocenters. The van der Waals surface area contributed by atoms with E-state index >= 15 is 0 Å². The lowest BCUT2D eigenvalue weighted by Crippen LogP contribution is -2.35. The molecule has 1 saturated heterocycles. The van der Waals surface area contributed by atoms with E-state index in [1.807, 2.05) is 48.5 Å². The maximum Gasteiger partial charge on any atom is 0.250 e. The van der Waals surface area contributed by atoms with Gasteiger partial charge < -0.3 is 4.74 Å². The second kappa shape index (κ2) is 3.82. The van der Waals surface area contributed by atoms with Gasteiger partial charge in [-0.1, -0.05) is 24.3 Å². The summed E-state index contributed by atoms with van der Waals surface area (Å²) >= 11 is 0. The molecule has 2 unspecified atom stereocenters. The number of ether oxygens (including phenoxy) is 1. The predicted molar refractivity (Wildman–Crippen MR) is 65.4 cm³/mol. The highest BCUT2D eigenvalue weighted by Gasteiger charge is 2.67. The molecule has 1 heterocycles. The summed E-state index contributed by atoms with van der Waals surface area (Å²) in [6.07, 6.45) is 0.465. The van der Waals surface area contributed by atoms with Gasteiger partial charge in [-0.3, -0.25) is 0 Å². The lowest BCUT2D eigenvalue weighted by molar-refractivity contribution is 0.00705. The van der Waals surface area contributed by atoms with Gasteiger partial charge in [-0.05, 0) is 17.5 Å². The average Bonchev–Trinajstić information content (AvgIpc) is 3.02. The topological polar surface area (TPSA) is 104 Å². The first-order valence-electron chi connectivity index (χ1n) is 6.09. The van der Waals surface area contributed by atoms with Gasteiger partial charge in [0.05, 0.1) is 0 Å². The van der Waals surface area contributed by atoms with E-state index in [9.17, 15) is 21.0 Å². The van der Waals surface area contributed by atoms with Crippen LogP contribution in [0, 0.1) is 51.2 Å². The highest BCUT2D eigenvalue weighted by atomic mass is 16.5. The summed E-state index contributed by atoms with van der Waals surface area (Å²) in [7, 11) is 0. The summed E-state index contributed by atoms with van der Waals surface area (Å²) in [5.74, 6) is -1.05. The molecule has 2 aliphatic rings. The zero-order valence-electron chi connectivity index (χ0n) is 10.4. The van der Waals surface area contributed by atoms with Gasteiger partial charge in [0.15, 0.2) is 0 Å². The minimum absolute atomic E-state index is 0.465. The molecule has 1 aliphatic carbocycles. The Balaban J connectivity index is 2.27. The van der Waals surface area contributed by atoms with Crippen LogP contribution in [0.5, 0.6) is 0 Å². The van der Waals surface area contributed by atoms with Crippen LogP contribution in [-0.2, 0) is 11.2 Å². The van der Waals surface area contributed by atoms with Crippen molar-refractivity contribution in [2.75, 3.05) is 0 Å². The van der Waals surface area contributed by atoms with Crippen LogP contribution in [0.3, 0.4) is 0 Å². The minimum atomic E-state index is -1.78. The Morgan fingerprint density at radius 3 is 2.15 bits per heavy atom. The largest absolute Gasteiger partial charge is 0.312 e. The van der Waals surface area contributed by atoms with Crippen molar-refractivity contribution >= 4 is 0 Å². The molecule has 0 saturated carbocycles. The van der Waals surface area contributed by atoms with Gasteiger partial charge >= 0.3 is 0 Å². The molecule has 0 aromatic heterocycles. The van der Waals surface area contributed by atoms with Crippen LogP contribution in [0.25, 0.3) is 0 Å². The molecule has 5 nitrogen and oxygen atoms in total. The molecule has 94 valence electrons. The van der Waals surface area contributed by atoms with E-state index in [0.717, 1.165) is 11.1 Å². The Labute approximate surface area is 115 Å². The molecular formula is C15H8N4O. The van der Waals surface area contributed by atoms with Crippen molar-refractivity contribution in [2.45, 2.75) is 23.5 Å². The van der Waals surface area contributed by atoms with Crippen LogP contribution in [0.2, 0.25) is 0 Å². The zero-order chi connectivity index (χ0) is 14.4. The summed E-state index contributed by atoms with van der Waals surface area (Å²) in [4.78, 5) is 0. The molecule has 0 N–H and O–H groups in total. The normalized spacial score (nSPS) is 27.2. The number of nitriles is 4. The van der Waals surface area contributed by atoms with Crippen LogP contribution in [-0.4, -0.2) is 11.2 Å². The van der Waals surface area contributed by atoms with Gasteiger partial charge in [0.25, 0.3) is 5.60 Å². The van der Waals surface area contributed by atoms with Gasteiger partial charge in [-0.15, -0.1) is 0 Å². The zero-order valence-corrected chi connectivity index (χ0v) is 10.4. The van der Waals surface area contributed by atoms with E-state index in [1.54, 1.807) is 0 Å². The lowest BCUT2D eigenvalue weighted by Gasteiger charge is -2.20. The fourth-order valence-electron chi connectivity index (χ4n) is 3.32. The smallest absolute Gasteiger partial charge is 0.250 e. The maximum absolute atomic E-state index is 9.40. The molecule has 1 fully saturated rings. The number of benzene rings is 1. The third-order valence-corrected chi connectivity index (χ3v) is 4.18. The molecule has 0 spiro atoms. The Bertz CT molecular complexity index is 728. The molecule has 0 bridgehead atoms. The molecule has 5 heteroatoms. The van der Waals surface area contributed by atoms with Gasteiger partial charge in [0.1, 0.15) is 24.3 Å². The van der Waals surface area contributed by atoms with Gasteiger partial charge in [-0.2, -0.15) is 21.0 Å². The average molecular weight is 260 g/mol. The summed E-state index contributed by atoms with van der Waals surface area (Å²) in [6, 6.07) is 14.9. The van der Waals surface area contributed by atoms with E-state index < -0.39 is 23.0 Å². The molecule has 20 heavy (non-hydrogen) atoms. The fraction of sp³-hybridized carbons (Fsp3) is 0.333. The van der Waals surface area contributed by atoms with Crippen molar-refractivity contribution in [3.63, 3.8) is 0 Å².